The second-order valence-corrected chi connectivity index (χ2v) is 7.21. The Labute approximate surface area is 111 Å². The fourth-order valence-electron chi connectivity index (χ4n) is 3.09. The molecule has 2 unspecified atom stereocenters. The smallest absolute Gasteiger partial charge is 0.157 e. The number of methoxy groups -OCH3 is 2. The van der Waals surface area contributed by atoms with Crippen LogP contribution >= 0.6 is 0 Å². The van der Waals surface area contributed by atoms with Gasteiger partial charge in [-0.1, -0.05) is 0 Å². The Kier molecular flexibility index (Phi) is 4.92. The molecule has 2 saturated heterocycles. The van der Waals surface area contributed by atoms with Crippen molar-refractivity contribution in [3.05, 3.63) is 0 Å². The van der Waals surface area contributed by atoms with Gasteiger partial charge >= 0.3 is 0 Å². The number of ether oxygens (including phenoxy) is 2. The minimum absolute atomic E-state index is 0.120. The number of fused-ring (bicyclic) bond motifs is 2. The molecule has 0 saturated carbocycles. The molecule has 2 fully saturated rings. The predicted molar refractivity (Wildman–Crippen MR) is 69.7 cm³/mol. The third kappa shape index (κ3) is 3.00. The van der Waals surface area contributed by atoms with Crippen LogP contribution in [0.4, 0.5) is 0 Å². The average molecular weight is 274 g/mol. The topological polar surface area (TPSA) is 52.6 Å². The van der Waals surface area contributed by atoms with Crippen molar-refractivity contribution in [1.82, 2.24) is 0 Å². The lowest BCUT2D eigenvalue weighted by Crippen LogP contribution is -2.32. The van der Waals surface area contributed by atoms with Crippen LogP contribution in [0.15, 0.2) is 0 Å². The molecule has 4 nitrogen and oxygen atoms in total. The molecule has 0 radical (unpaired) electrons. The van der Waals surface area contributed by atoms with Crippen molar-refractivity contribution in [2.24, 2.45) is 5.92 Å². The summed E-state index contributed by atoms with van der Waals surface area (Å²) in [6.45, 7) is 0. The van der Waals surface area contributed by atoms with Crippen LogP contribution < -0.4 is 0 Å². The normalized spacial score (nSPS) is 35.1. The third-order valence-electron chi connectivity index (χ3n) is 4.17. The number of Topliss-reactive ketones (excluding diaryl/α,β-unsaturated/α-hetero) is 1. The third-order valence-corrected chi connectivity index (χ3v) is 6.34. The highest BCUT2D eigenvalue weighted by molar-refractivity contribution is 7.86. The van der Waals surface area contributed by atoms with Gasteiger partial charge in [-0.15, -0.1) is 0 Å². The van der Waals surface area contributed by atoms with Crippen LogP contribution in [-0.4, -0.2) is 41.0 Å². The van der Waals surface area contributed by atoms with E-state index in [1.165, 1.54) is 0 Å². The Bertz CT molecular complexity index is 311. The maximum atomic E-state index is 12.1. The molecule has 0 spiro atoms. The van der Waals surface area contributed by atoms with Gasteiger partial charge in [-0.25, -0.2) is 0 Å². The standard InChI is InChI=1S/C13H22O4S/c1-16-13(17-2)6-5-12(14)9-7-10-3-4-11(8-9)18(10)15/h9-11,13H,3-8H2,1-2H3. The lowest BCUT2D eigenvalue weighted by molar-refractivity contribution is -0.130. The number of carbonyl (C=O) groups excluding carboxylic acids is 1. The van der Waals surface area contributed by atoms with Crippen molar-refractivity contribution in [2.75, 3.05) is 14.2 Å². The number of hydrogen-bond acceptors (Lipinski definition) is 4. The lowest BCUT2D eigenvalue weighted by Gasteiger charge is -2.26. The van der Waals surface area contributed by atoms with Gasteiger partial charge in [0.25, 0.3) is 0 Å². The molecule has 2 heterocycles. The summed E-state index contributed by atoms with van der Waals surface area (Å²) in [6.07, 6.45) is 4.56. The summed E-state index contributed by atoms with van der Waals surface area (Å²) in [5.74, 6) is 0.414. The summed E-state index contributed by atoms with van der Waals surface area (Å²) < 4.78 is 22.0. The minimum atomic E-state index is -0.673. The van der Waals surface area contributed by atoms with E-state index in [0.29, 0.717) is 18.6 Å². The van der Waals surface area contributed by atoms with Gasteiger partial charge in [0, 0.05) is 54.3 Å². The fraction of sp³-hybridized carbons (Fsp3) is 0.923. The SMILES string of the molecule is COC(CCC(=O)C1CC2CCC(C1)S2=O)OC. The Hall–Kier alpha value is -0.260. The Morgan fingerprint density at radius 2 is 1.78 bits per heavy atom. The molecule has 2 atom stereocenters. The second kappa shape index (κ2) is 6.26. The Balaban J connectivity index is 1.82. The molecular weight excluding hydrogens is 252 g/mol. The Morgan fingerprint density at radius 3 is 2.28 bits per heavy atom. The molecule has 0 aromatic rings. The van der Waals surface area contributed by atoms with Crippen LogP contribution in [-0.2, 0) is 25.1 Å². The van der Waals surface area contributed by atoms with Gasteiger partial charge in [-0.3, -0.25) is 9.00 Å². The molecule has 0 amide bonds. The van der Waals surface area contributed by atoms with Crippen molar-refractivity contribution >= 4 is 16.6 Å². The van der Waals surface area contributed by atoms with Crippen molar-refractivity contribution in [1.29, 1.82) is 0 Å². The van der Waals surface area contributed by atoms with E-state index in [0.717, 1.165) is 25.7 Å². The molecule has 0 N–H and O–H groups in total. The number of ketones is 1. The first-order valence-corrected chi connectivity index (χ1v) is 7.91. The zero-order chi connectivity index (χ0) is 13.1. The van der Waals surface area contributed by atoms with Gasteiger partial charge in [-0.2, -0.15) is 0 Å². The summed E-state index contributed by atoms with van der Waals surface area (Å²) in [7, 11) is 2.50. The first kappa shape index (κ1) is 14.2. The second-order valence-electron chi connectivity index (χ2n) is 5.22. The van der Waals surface area contributed by atoms with E-state index < -0.39 is 10.8 Å². The number of hydrogen-bond donors (Lipinski definition) is 0. The van der Waals surface area contributed by atoms with E-state index in [9.17, 15) is 9.00 Å². The predicted octanol–water partition coefficient (Wildman–Crippen LogP) is 1.64. The average Bonchev–Trinajstić information content (AvgIpc) is 2.62. The van der Waals surface area contributed by atoms with Crippen LogP contribution in [0, 0.1) is 5.92 Å². The van der Waals surface area contributed by atoms with Gasteiger partial charge in [0.1, 0.15) is 5.78 Å². The molecule has 0 aliphatic carbocycles. The van der Waals surface area contributed by atoms with Crippen molar-refractivity contribution in [2.45, 2.75) is 55.3 Å². The lowest BCUT2D eigenvalue weighted by atomic mass is 9.92. The van der Waals surface area contributed by atoms with Crippen LogP contribution in [0.2, 0.25) is 0 Å². The van der Waals surface area contributed by atoms with E-state index in [4.69, 9.17) is 9.47 Å². The fourth-order valence-corrected chi connectivity index (χ4v) is 5.22. The maximum absolute atomic E-state index is 12.1. The van der Waals surface area contributed by atoms with Gasteiger partial charge in [0.2, 0.25) is 0 Å². The number of carbonyl (C=O) groups is 1. The van der Waals surface area contributed by atoms with Gasteiger partial charge in [0.05, 0.1) is 0 Å². The minimum Gasteiger partial charge on any atom is -0.356 e. The summed E-state index contributed by atoms with van der Waals surface area (Å²) in [5.41, 5.74) is 0. The van der Waals surface area contributed by atoms with Gasteiger partial charge in [-0.05, 0) is 25.7 Å². The molecule has 2 aliphatic heterocycles. The highest BCUT2D eigenvalue weighted by Crippen LogP contribution is 2.39. The molecule has 104 valence electrons. The van der Waals surface area contributed by atoms with Gasteiger partial charge < -0.3 is 9.47 Å². The summed E-state index contributed by atoms with van der Waals surface area (Å²) in [5, 5.41) is 0.552. The molecule has 5 heteroatoms. The molecule has 2 rings (SSSR count). The molecular formula is C13H22O4S. The Morgan fingerprint density at radius 1 is 1.22 bits per heavy atom. The number of rotatable bonds is 6. The van der Waals surface area contributed by atoms with E-state index in [-0.39, 0.29) is 22.7 Å². The van der Waals surface area contributed by atoms with E-state index in [1.807, 2.05) is 0 Å². The van der Waals surface area contributed by atoms with Crippen molar-refractivity contribution in [3.8, 4) is 0 Å². The molecule has 18 heavy (non-hydrogen) atoms. The largest absolute Gasteiger partial charge is 0.356 e. The first-order valence-electron chi connectivity index (χ1n) is 6.63. The summed E-state index contributed by atoms with van der Waals surface area (Å²) in [6, 6.07) is 0. The van der Waals surface area contributed by atoms with Crippen LogP contribution in [0.3, 0.4) is 0 Å². The molecule has 2 bridgehead atoms. The highest BCUT2D eigenvalue weighted by Gasteiger charge is 2.42. The first-order chi connectivity index (χ1) is 8.65. The quantitative estimate of drug-likeness (QED) is 0.691. The van der Waals surface area contributed by atoms with Crippen LogP contribution in [0.1, 0.15) is 38.5 Å². The summed E-state index contributed by atoms with van der Waals surface area (Å²) >= 11 is 0. The zero-order valence-electron chi connectivity index (χ0n) is 11.1. The van der Waals surface area contributed by atoms with Crippen LogP contribution in [0.25, 0.3) is 0 Å². The summed E-state index contributed by atoms with van der Waals surface area (Å²) in [4.78, 5) is 12.1. The van der Waals surface area contributed by atoms with Crippen LogP contribution in [0.5, 0.6) is 0 Å². The monoisotopic (exact) mass is 274 g/mol. The highest BCUT2D eigenvalue weighted by atomic mass is 32.2. The maximum Gasteiger partial charge on any atom is 0.157 e. The van der Waals surface area contributed by atoms with E-state index >= 15 is 0 Å². The van der Waals surface area contributed by atoms with E-state index in [1.54, 1.807) is 14.2 Å². The van der Waals surface area contributed by atoms with Crippen molar-refractivity contribution < 1.29 is 18.5 Å². The van der Waals surface area contributed by atoms with E-state index in [2.05, 4.69) is 0 Å². The van der Waals surface area contributed by atoms with Gasteiger partial charge in [0.15, 0.2) is 6.29 Å². The zero-order valence-corrected chi connectivity index (χ0v) is 11.9. The molecule has 0 aromatic heterocycles. The molecule has 0 aromatic carbocycles. The van der Waals surface area contributed by atoms with Crippen molar-refractivity contribution in [3.63, 3.8) is 0 Å². The molecule has 2 aliphatic rings.